The first kappa shape index (κ1) is 9.96. The van der Waals surface area contributed by atoms with Crippen LogP contribution in [0.3, 0.4) is 0 Å². The molecular formula is C9H18O3. The maximum atomic E-state index is 5.46. The Bertz CT molecular complexity index is 116. The quantitative estimate of drug-likeness (QED) is 0.605. The molecule has 0 aromatic carbocycles. The van der Waals surface area contributed by atoms with Crippen LogP contribution in [0.4, 0.5) is 0 Å². The molecule has 1 fully saturated rings. The van der Waals surface area contributed by atoms with Crippen molar-refractivity contribution in [3.05, 3.63) is 0 Å². The minimum atomic E-state index is 0.337. The molecule has 3 nitrogen and oxygen atoms in total. The molecule has 0 aromatic heterocycles. The predicted molar refractivity (Wildman–Crippen MR) is 46.0 cm³/mol. The van der Waals surface area contributed by atoms with Gasteiger partial charge in [-0.3, -0.25) is 0 Å². The highest BCUT2D eigenvalue weighted by Crippen LogP contribution is 2.22. The van der Waals surface area contributed by atoms with Crippen LogP contribution in [0, 0.1) is 0 Å². The Kier molecular flexibility index (Phi) is 4.58. The van der Waals surface area contributed by atoms with Crippen LogP contribution in [0.1, 0.15) is 25.7 Å². The van der Waals surface area contributed by atoms with Gasteiger partial charge in [0.1, 0.15) is 6.79 Å². The Balaban J connectivity index is 2.16. The third-order valence-corrected chi connectivity index (χ3v) is 2.33. The molecule has 0 heterocycles. The van der Waals surface area contributed by atoms with E-state index in [-0.39, 0.29) is 0 Å². The number of rotatable bonds is 4. The molecule has 2 atom stereocenters. The topological polar surface area (TPSA) is 27.7 Å². The fraction of sp³-hybridized carbons (Fsp3) is 1.00. The second kappa shape index (κ2) is 5.51. The van der Waals surface area contributed by atoms with E-state index in [1.165, 1.54) is 12.8 Å². The van der Waals surface area contributed by atoms with Gasteiger partial charge in [0, 0.05) is 14.2 Å². The Hall–Kier alpha value is -0.120. The van der Waals surface area contributed by atoms with Gasteiger partial charge in [-0.25, -0.2) is 0 Å². The standard InChI is InChI=1S/C9H18O3/c1-10-7-12-9-5-3-4-8(6-9)11-2/h8-9H,3-7H2,1-2H3. The Morgan fingerprint density at radius 2 is 1.92 bits per heavy atom. The van der Waals surface area contributed by atoms with Gasteiger partial charge in [0.25, 0.3) is 0 Å². The summed E-state index contributed by atoms with van der Waals surface area (Å²) in [5.74, 6) is 0. The van der Waals surface area contributed by atoms with Gasteiger partial charge in [-0.2, -0.15) is 0 Å². The number of hydrogen-bond donors (Lipinski definition) is 0. The van der Waals surface area contributed by atoms with Crippen molar-refractivity contribution in [3.8, 4) is 0 Å². The molecule has 0 saturated heterocycles. The van der Waals surface area contributed by atoms with Crippen LogP contribution >= 0.6 is 0 Å². The fourth-order valence-electron chi connectivity index (χ4n) is 1.63. The van der Waals surface area contributed by atoms with Crippen molar-refractivity contribution >= 4 is 0 Å². The summed E-state index contributed by atoms with van der Waals surface area (Å²) in [5, 5.41) is 0. The van der Waals surface area contributed by atoms with E-state index in [1.54, 1.807) is 14.2 Å². The number of hydrogen-bond acceptors (Lipinski definition) is 3. The highest BCUT2D eigenvalue weighted by Gasteiger charge is 2.21. The summed E-state index contributed by atoms with van der Waals surface area (Å²) in [7, 11) is 3.42. The van der Waals surface area contributed by atoms with Gasteiger partial charge in [0.2, 0.25) is 0 Å². The van der Waals surface area contributed by atoms with Crippen LogP contribution in [-0.2, 0) is 14.2 Å². The maximum Gasteiger partial charge on any atom is 0.146 e. The van der Waals surface area contributed by atoms with E-state index in [0.717, 1.165) is 12.8 Å². The molecule has 1 saturated carbocycles. The molecule has 0 spiro atoms. The van der Waals surface area contributed by atoms with Gasteiger partial charge < -0.3 is 14.2 Å². The predicted octanol–water partition coefficient (Wildman–Crippen LogP) is 1.56. The summed E-state index contributed by atoms with van der Waals surface area (Å²) < 4.78 is 15.6. The fourth-order valence-corrected chi connectivity index (χ4v) is 1.63. The molecule has 0 aromatic rings. The first-order valence-electron chi connectivity index (χ1n) is 4.50. The number of methoxy groups -OCH3 is 2. The van der Waals surface area contributed by atoms with Crippen LogP contribution in [0.25, 0.3) is 0 Å². The molecule has 0 bridgehead atoms. The van der Waals surface area contributed by atoms with Crippen LogP contribution < -0.4 is 0 Å². The lowest BCUT2D eigenvalue weighted by molar-refractivity contribution is -0.101. The summed E-state index contributed by atoms with van der Waals surface area (Å²) in [6, 6.07) is 0. The molecule has 0 radical (unpaired) electrons. The lowest BCUT2D eigenvalue weighted by atomic mass is 9.95. The molecule has 1 aliphatic rings. The van der Waals surface area contributed by atoms with Crippen LogP contribution in [0.15, 0.2) is 0 Å². The molecule has 12 heavy (non-hydrogen) atoms. The minimum absolute atomic E-state index is 0.337. The second-order valence-electron chi connectivity index (χ2n) is 3.22. The normalized spacial score (nSPS) is 30.5. The van der Waals surface area contributed by atoms with E-state index in [2.05, 4.69) is 0 Å². The van der Waals surface area contributed by atoms with Gasteiger partial charge in [-0.1, -0.05) is 0 Å². The van der Waals surface area contributed by atoms with Crippen molar-refractivity contribution in [2.45, 2.75) is 37.9 Å². The summed E-state index contributed by atoms with van der Waals surface area (Å²) >= 11 is 0. The van der Waals surface area contributed by atoms with Gasteiger partial charge in [0.05, 0.1) is 12.2 Å². The van der Waals surface area contributed by atoms with E-state index in [9.17, 15) is 0 Å². The summed E-state index contributed by atoms with van der Waals surface area (Å²) in [4.78, 5) is 0. The molecule has 0 amide bonds. The van der Waals surface area contributed by atoms with E-state index in [1.807, 2.05) is 0 Å². The maximum absolute atomic E-state index is 5.46. The van der Waals surface area contributed by atoms with E-state index < -0.39 is 0 Å². The van der Waals surface area contributed by atoms with E-state index in [4.69, 9.17) is 14.2 Å². The zero-order valence-corrected chi connectivity index (χ0v) is 7.91. The molecule has 0 aliphatic heterocycles. The molecule has 3 heteroatoms. The smallest absolute Gasteiger partial charge is 0.146 e. The lowest BCUT2D eigenvalue weighted by Crippen LogP contribution is -2.27. The van der Waals surface area contributed by atoms with Gasteiger partial charge >= 0.3 is 0 Å². The van der Waals surface area contributed by atoms with Gasteiger partial charge in [0.15, 0.2) is 0 Å². The van der Waals surface area contributed by atoms with E-state index >= 15 is 0 Å². The molecule has 1 rings (SSSR count). The minimum Gasteiger partial charge on any atom is -0.381 e. The molecular weight excluding hydrogens is 156 g/mol. The average molecular weight is 174 g/mol. The SMILES string of the molecule is COCOC1CCCC(OC)C1. The highest BCUT2D eigenvalue weighted by atomic mass is 16.7. The molecule has 72 valence electrons. The molecule has 0 N–H and O–H groups in total. The Labute approximate surface area is 74.0 Å². The summed E-state index contributed by atoms with van der Waals surface area (Å²) in [5.41, 5.74) is 0. The van der Waals surface area contributed by atoms with Crippen molar-refractivity contribution < 1.29 is 14.2 Å². The monoisotopic (exact) mass is 174 g/mol. The third kappa shape index (κ3) is 3.09. The van der Waals surface area contributed by atoms with Crippen molar-refractivity contribution in [2.24, 2.45) is 0 Å². The summed E-state index contributed by atoms with van der Waals surface area (Å²) in [6.45, 7) is 0.404. The second-order valence-corrected chi connectivity index (χ2v) is 3.22. The summed E-state index contributed by atoms with van der Waals surface area (Å²) in [6.07, 6.45) is 5.25. The zero-order valence-electron chi connectivity index (χ0n) is 7.91. The number of ether oxygens (including phenoxy) is 3. The van der Waals surface area contributed by atoms with Crippen LogP contribution in [0.2, 0.25) is 0 Å². The first-order chi connectivity index (χ1) is 5.86. The molecule has 2 unspecified atom stereocenters. The first-order valence-corrected chi connectivity index (χ1v) is 4.50. The zero-order chi connectivity index (χ0) is 8.81. The van der Waals surface area contributed by atoms with Crippen molar-refractivity contribution in [1.29, 1.82) is 0 Å². The largest absolute Gasteiger partial charge is 0.381 e. The Morgan fingerprint density at radius 3 is 2.58 bits per heavy atom. The highest BCUT2D eigenvalue weighted by molar-refractivity contribution is 4.72. The van der Waals surface area contributed by atoms with Crippen LogP contribution in [-0.4, -0.2) is 33.2 Å². The molecule has 1 aliphatic carbocycles. The van der Waals surface area contributed by atoms with Crippen LogP contribution in [0.5, 0.6) is 0 Å². The average Bonchev–Trinajstić information content (AvgIpc) is 2.15. The van der Waals surface area contributed by atoms with Crippen molar-refractivity contribution in [3.63, 3.8) is 0 Å². The van der Waals surface area contributed by atoms with Gasteiger partial charge in [-0.05, 0) is 25.7 Å². The third-order valence-electron chi connectivity index (χ3n) is 2.33. The Morgan fingerprint density at radius 1 is 1.17 bits per heavy atom. The van der Waals surface area contributed by atoms with Crippen molar-refractivity contribution in [1.82, 2.24) is 0 Å². The van der Waals surface area contributed by atoms with Crippen molar-refractivity contribution in [2.75, 3.05) is 21.0 Å². The van der Waals surface area contributed by atoms with E-state index in [0.29, 0.717) is 19.0 Å². The van der Waals surface area contributed by atoms with Gasteiger partial charge in [-0.15, -0.1) is 0 Å². The lowest BCUT2D eigenvalue weighted by Gasteiger charge is -2.27.